The first-order valence-corrected chi connectivity index (χ1v) is 26.7. The van der Waals surface area contributed by atoms with E-state index in [9.17, 15) is 1.37 Å². The van der Waals surface area contributed by atoms with Crippen LogP contribution in [0.4, 0.5) is 0 Å². The molecule has 55 heavy (non-hydrogen) atoms. The summed E-state index contributed by atoms with van der Waals surface area (Å²) in [6.07, 6.45) is 3.88. The molecule has 0 aliphatic heterocycles. The van der Waals surface area contributed by atoms with Crippen molar-refractivity contribution < 1.29 is 22.8 Å². The molecule has 0 saturated heterocycles. The molecule has 3 aromatic heterocycles. The third-order valence-corrected chi connectivity index (χ3v) is 15.7. The molecule has 0 N–H and O–H groups in total. The number of aromatic nitrogens is 2. The number of hydrogen-bond acceptors (Lipinski definition) is 3. The Hall–Kier alpha value is -4.19. The molecule has 5 heteroatoms. The van der Waals surface area contributed by atoms with Gasteiger partial charge >= 0.3 is 106 Å². The van der Waals surface area contributed by atoms with Gasteiger partial charge in [-0.3, -0.25) is 0 Å². The van der Waals surface area contributed by atoms with Crippen LogP contribution in [0.5, 0.6) is 0 Å². The maximum Gasteiger partial charge on any atom is 0.0399 e. The number of hydrogen-bond donors (Lipinski definition) is 0. The van der Waals surface area contributed by atoms with Crippen LogP contribution in [-0.4, -0.2) is 23.2 Å². The van der Waals surface area contributed by atoms with Crippen LogP contribution in [0.25, 0.3) is 53.8 Å². The van der Waals surface area contributed by atoms with Gasteiger partial charge in [-0.1, -0.05) is 98.5 Å². The Bertz CT molecular complexity index is 2660. The van der Waals surface area contributed by atoms with Gasteiger partial charge < -0.3 is 4.98 Å². The van der Waals surface area contributed by atoms with E-state index in [1.807, 2.05) is 81.4 Å². The Balaban J connectivity index is 0.000000256. The van der Waals surface area contributed by atoms with Crippen molar-refractivity contribution in [2.75, 3.05) is 0 Å². The molecule has 3 heterocycles. The number of pyridine rings is 2. The Morgan fingerprint density at radius 1 is 0.673 bits per heavy atom. The predicted molar refractivity (Wildman–Crippen MR) is 236 cm³/mol. The molecule has 1 radical (unpaired) electrons. The topological polar surface area (TPSA) is 25.8 Å². The van der Waals surface area contributed by atoms with Crippen molar-refractivity contribution in [2.24, 2.45) is 0 Å². The fraction of sp³-hybridized carbons (Fsp3) is 0.200. The second-order valence-electron chi connectivity index (χ2n) is 15.3. The third-order valence-electron chi connectivity index (χ3n) is 10.0. The monoisotopic (exact) mass is 977 g/mol. The van der Waals surface area contributed by atoms with Gasteiger partial charge in [0.05, 0.1) is 0 Å². The second-order valence-corrected chi connectivity index (χ2v) is 26.9. The average molecular weight is 976 g/mol. The van der Waals surface area contributed by atoms with Crippen molar-refractivity contribution in [3.8, 4) is 33.6 Å². The predicted octanol–water partition coefficient (Wildman–Crippen LogP) is 13.6. The van der Waals surface area contributed by atoms with Crippen LogP contribution in [0.2, 0.25) is 17.3 Å². The summed E-state index contributed by atoms with van der Waals surface area (Å²) in [5, 5.41) is 2.44. The van der Waals surface area contributed by atoms with Crippen molar-refractivity contribution >= 4 is 49.2 Å². The van der Waals surface area contributed by atoms with Gasteiger partial charge in [-0.2, -0.15) is 11.3 Å². The molecule has 0 amide bonds. The van der Waals surface area contributed by atoms with E-state index in [1.54, 1.807) is 17.5 Å². The summed E-state index contributed by atoms with van der Waals surface area (Å²) < 4.78 is 21.5. The molecule has 0 aliphatic rings. The van der Waals surface area contributed by atoms with Crippen molar-refractivity contribution in [3.63, 3.8) is 0 Å². The van der Waals surface area contributed by atoms with E-state index in [0.29, 0.717) is 0 Å². The van der Waals surface area contributed by atoms with Crippen LogP contribution in [0.3, 0.4) is 0 Å². The maximum atomic E-state index is 9.28. The van der Waals surface area contributed by atoms with Gasteiger partial charge in [0.2, 0.25) is 0 Å². The molecular weight excluding hydrogens is 925 g/mol. The zero-order valence-electron chi connectivity index (χ0n) is 34.8. The van der Waals surface area contributed by atoms with E-state index in [4.69, 9.17) is 6.35 Å². The van der Waals surface area contributed by atoms with Crippen LogP contribution in [-0.2, 0) is 20.1 Å². The van der Waals surface area contributed by atoms with Crippen molar-refractivity contribution in [3.05, 3.63) is 174 Å². The third kappa shape index (κ3) is 9.11. The number of aryl methyl sites for hydroxylation is 2. The van der Waals surface area contributed by atoms with Crippen molar-refractivity contribution in [2.45, 2.75) is 63.7 Å². The SMILES string of the molecule is Cc1cc(-c2[c-]cccc2)nc[c]1[Ge]([CH3])([CH3])[CH3].[2H]C(C)(C)c1ccc(C([2H])(C)c2ccnc(-c3[c-]ccc4c3sc3cc(-c5cccc(C)c5)ccc34)c2)cc1.[Ir]. The summed E-state index contributed by atoms with van der Waals surface area (Å²) >= 11 is 0.00125. The number of fused-ring (bicyclic) bond motifs is 3. The van der Waals surface area contributed by atoms with Crippen LogP contribution in [0.1, 0.15) is 63.1 Å². The van der Waals surface area contributed by atoms with Gasteiger partial charge in [-0.25, -0.2) is 0 Å². The van der Waals surface area contributed by atoms with Crippen LogP contribution in [0, 0.1) is 26.0 Å². The molecule has 8 rings (SSSR count). The molecule has 0 bridgehead atoms. The fourth-order valence-corrected chi connectivity index (χ4v) is 11.8. The summed E-state index contributed by atoms with van der Waals surface area (Å²) in [5.41, 5.74) is 11.7. The molecule has 1 atom stereocenters. The van der Waals surface area contributed by atoms with Crippen LogP contribution < -0.4 is 4.40 Å². The van der Waals surface area contributed by atoms with E-state index in [-0.39, 0.29) is 20.1 Å². The average Bonchev–Trinajstić information content (AvgIpc) is 3.56. The molecule has 0 fully saturated rings. The summed E-state index contributed by atoms with van der Waals surface area (Å²) in [5.74, 6) is 5.58. The standard InChI is InChI=1S/C35H30NS.C15H18GeN.Ir/c1-22(2)25-11-13-26(14-12-25)24(4)27-17-18-36-33(20-27)32-10-6-9-31-30-16-15-29(21-34(30)37-35(31)32)28-8-5-7-23(3)19-28;1-12-10-15(13-8-6-5-7-9-13)17-11-14(12)16(2,3)4;/h5-9,11-22,24H,1-4H3;5-8,10-11H,1-4H3;/q2*-1;/i22D,24D;;. The minimum absolute atomic E-state index is 0. The van der Waals surface area contributed by atoms with Gasteiger partial charge in [0, 0.05) is 39.6 Å². The Kier molecular flexibility index (Phi) is 11.9. The fourth-order valence-electron chi connectivity index (χ4n) is 7.00. The largest absolute Gasteiger partial charge is 0.305 e. The molecule has 0 spiro atoms. The summed E-state index contributed by atoms with van der Waals surface area (Å²) in [6.45, 7) is 10.0. The van der Waals surface area contributed by atoms with Crippen LogP contribution in [0.15, 0.2) is 134 Å². The van der Waals surface area contributed by atoms with Gasteiger partial charge in [0.25, 0.3) is 0 Å². The summed E-state index contributed by atoms with van der Waals surface area (Å²) in [4.78, 5) is 9.32. The zero-order chi connectivity index (χ0) is 39.8. The Morgan fingerprint density at radius 2 is 1.44 bits per heavy atom. The molecule has 5 aromatic carbocycles. The molecule has 8 aromatic rings. The minimum Gasteiger partial charge on any atom is -0.305 e. The Morgan fingerprint density at radius 3 is 2.13 bits per heavy atom. The smallest absolute Gasteiger partial charge is 0.0399 e. The van der Waals surface area contributed by atoms with Gasteiger partial charge in [-0.05, 0) is 68.5 Å². The summed E-state index contributed by atoms with van der Waals surface area (Å²) in [7, 11) is 0. The zero-order valence-corrected chi connectivity index (χ0v) is 38.1. The molecular formula is C50H48GeIrN2S-2. The van der Waals surface area contributed by atoms with Gasteiger partial charge in [0.15, 0.2) is 0 Å². The quantitative estimate of drug-likeness (QED) is 0.117. The molecule has 0 saturated carbocycles. The van der Waals surface area contributed by atoms with Crippen molar-refractivity contribution in [1.29, 1.82) is 0 Å². The van der Waals surface area contributed by atoms with Crippen LogP contribution >= 0.6 is 11.3 Å². The first kappa shape index (κ1) is 37.7. The molecule has 1 unspecified atom stereocenters. The van der Waals surface area contributed by atoms with E-state index < -0.39 is 25.1 Å². The second kappa shape index (κ2) is 17.3. The minimum atomic E-state index is -1.77. The molecule has 0 aliphatic carbocycles. The first-order valence-electron chi connectivity index (χ1n) is 19.6. The number of nitrogens with zero attached hydrogens (tertiary/aromatic N) is 2. The normalized spacial score (nSPS) is 13.2. The molecule has 279 valence electrons. The van der Waals surface area contributed by atoms with Gasteiger partial charge in [-0.15, -0.1) is 23.8 Å². The maximum absolute atomic E-state index is 9.28. The van der Waals surface area contributed by atoms with E-state index >= 15 is 0 Å². The molecule has 2 nitrogen and oxygen atoms in total. The Labute approximate surface area is 350 Å². The van der Waals surface area contributed by atoms with Crippen molar-refractivity contribution in [1.82, 2.24) is 9.97 Å². The number of thiophene rings is 1. The first-order chi connectivity index (χ1) is 26.6. The van der Waals surface area contributed by atoms with E-state index in [2.05, 4.69) is 115 Å². The van der Waals surface area contributed by atoms with Gasteiger partial charge in [0.1, 0.15) is 0 Å². The summed E-state index contributed by atoms with van der Waals surface area (Å²) in [6, 6.07) is 48.2. The van der Waals surface area contributed by atoms with E-state index in [0.717, 1.165) is 43.9 Å². The number of rotatable bonds is 7. The van der Waals surface area contributed by atoms with E-state index in [1.165, 1.54) is 42.1 Å². The number of benzene rings is 5.